The van der Waals surface area contributed by atoms with Crippen molar-refractivity contribution in [1.29, 1.82) is 0 Å². The maximum atomic E-state index is 11.9. The first-order valence-electron chi connectivity index (χ1n) is 4.25. The quantitative estimate of drug-likeness (QED) is 0.738. The number of thiazole rings is 1. The third-order valence-corrected chi connectivity index (χ3v) is 4.34. The van der Waals surface area contributed by atoms with Gasteiger partial charge in [0.1, 0.15) is 0 Å². The van der Waals surface area contributed by atoms with Crippen molar-refractivity contribution < 1.29 is 8.42 Å². The lowest BCUT2D eigenvalue weighted by atomic mass is 10.4. The zero-order valence-corrected chi connectivity index (χ0v) is 10.8. The van der Waals surface area contributed by atoms with Gasteiger partial charge in [0, 0.05) is 21.8 Å². The summed E-state index contributed by atoms with van der Waals surface area (Å²) in [6.45, 7) is 3.26. The first-order valence-corrected chi connectivity index (χ1v) is 7.37. The summed E-state index contributed by atoms with van der Waals surface area (Å²) in [7, 11) is 1.13. The van der Waals surface area contributed by atoms with E-state index in [9.17, 15) is 13.2 Å². The molecule has 0 spiro atoms. The van der Waals surface area contributed by atoms with Crippen molar-refractivity contribution in [3.63, 3.8) is 0 Å². The second kappa shape index (κ2) is 3.54. The van der Waals surface area contributed by atoms with Crippen LogP contribution in [0.15, 0.2) is 15.9 Å². The van der Waals surface area contributed by atoms with Crippen LogP contribution in [0.25, 0.3) is 4.96 Å². The fourth-order valence-corrected chi connectivity index (χ4v) is 3.52. The van der Waals surface area contributed by atoms with Gasteiger partial charge in [-0.2, -0.15) is 0 Å². The van der Waals surface area contributed by atoms with Crippen molar-refractivity contribution in [3.8, 4) is 0 Å². The lowest BCUT2D eigenvalue weighted by Gasteiger charge is -2.00. The molecule has 0 N–H and O–H groups in total. The van der Waals surface area contributed by atoms with Gasteiger partial charge in [0.2, 0.25) is 0 Å². The lowest BCUT2D eigenvalue weighted by molar-refractivity contribution is 0.606. The van der Waals surface area contributed by atoms with Crippen LogP contribution in [0, 0.1) is 13.8 Å². The van der Waals surface area contributed by atoms with Crippen molar-refractivity contribution >= 4 is 36.0 Å². The summed E-state index contributed by atoms with van der Waals surface area (Å²) in [5.74, 6) is 0. The summed E-state index contributed by atoms with van der Waals surface area (Å²) in [6.07, 6.45) is 1.54. The number of nitrogens with zero attached hydrogens (tertiary/aromatic N) is 2. The lowest BCUT2D eigenvalue weighted by Crippen LogP contribution is -2.21. The zero-order valence-electron chi connectivity index (χ0n) is 8.39. The van der Waals surface area contributed by atoms with Gasteiger partial charge < -0.3 is 0 Å². The Morgan fingerprint density at radius 3 is 2.62 bits per heavy atom. The Labute approximate surface area is 99.7 Å². The number of fused-ring (bicyclic) bond motifs is 1. The van der Waals surface area contributed by atoms with E-state index in [1.54, 1.807) is 6.20 Å². The standard InChI is InChI=1S/C8H7ClN2O3S2/c1-4-3-11-7(12)6(16(9,13)14)5(2)10-8(11)15-4/h3H,1-2H3. The molecule has 8 heteroatoms. The summed E-state index contributed by atoms with van der Waals surface area (Å²) in [6, 6.07) is 0. The van der Waals surface area contributed by atoms with Crippen LogP contribution in [-0.4, -0.2) is 17.8 Å². The second-order valence-electron chi connectivity index (χ2n) is 3.26. The molecule has 86 valence electrons. The highest BCUT2D eigenvalue weighted by molar-refractivity contribution is 8.13. The molecule has 0 aromatic carbocycles. The third kappa shape index (κ3) is 1.74. The first-order chi connectivity index (χ1) is 7.30. The molecular weight excluding hydrogens is 272 g/mol. The zero-order chi connectivity index (χ0) is 12.1. The molecule has 0 aliphatic rings. The van der Waals surface area contributed by atoms with Crippen molar-refractivity contribution in [3.05, 3.63) is 27.1 Å². The van der Waals surface area contributed by atoms with Gasteiger partial charge >= 0.3 is 0 Å². The SMILES string of the molecule is Cc1cn2c(=O)c(S(=O)(=O)Cl)c(C)nc2s1. The van der Waals surface area contributed by atoms with Gasteiger partial charge in [0.25, 0.3) is 14.6 Å². The Hall–Kier alpha value is -0.920. The average Bonchev–Trinajstić information content (AvgIpc) is 2.43. The van der Waals surface area contributed by atoms with Gasteiger partial charge in [-0.25, -0.2) is 13.4 Å². The summed E-state index contributed by atoms with van der Waals surface area (Å²) >= 11 is 1.31. The Balaban J connectivity index is 3.03. The minimum Gasteiger partial charge on any atom is -0.267 e. The van der Waals surface area contributed by atoms with E-state index in [1.165, 1.54) is 22.7 Å². The van der Waals surface area contributed by atoms with Crippen LogP contribution in [0.5, 0.6) is 0 Å². The van der Waals surface area contributed by atoms with Crippen LogP contribution in [0.3, 0.4) is 0 Å². The fraction of sp³-hybridized carbons (Fsp3) is 0.250. The second-order valence-corrected chi connectivity index (χ2v) is 6.98. The van der Waals surface area contributed by atoms with Crippen LogP contribution >= 0.6 is 22.0 Å². The monoisotopic (exact) mass is 278 g/mol. The molecule has 2 aromatic heterocycles. The minimum atomic E-state index is -4.07. The number of hydrogen-bond acceptors (Lipinski definition) is 5. The Morgan fingerprint density at radius 1 is 1.44 bits per heavy atom. The van der Waals surface area contributed by atoms with E-state index in [0.717, 1.165) is 4.88 Å². The molecule has 0 aliphatic carbocycles. The number of halogens is 1. The molecule has 0 aliphatic heterocycles. The molecule has 0 saturated heterocycles. The van der Waals surface area contributed by atoms with E-state index in [4.69, 9.17) is 10.7 Å². The van der Waals surface area contributed by atoms with Crippen LogP contribution < -0.4 is 5.56 Å². The highest BCUT2D eigenvalue weighted by Crippen LogP contribution is 2.18. The smallest absolute Gasteiger partial charge is 0.267 e. The van der Waals surface area contributed by atoms with Crippen LogP contribution in [0.4, 0.5) is 0 Å². The largest absolute Gasteiger partial charge is 0.278 e. The van der Waals surface area contributed by atoms with Gasteiger partial charge in [-0.1, -0.05) is 0 Å². The molecule has 2 rings (SSSR count). The predicted molar refractivity (Wildman–Crippen MR) is 61.9 cm³/mol. The minimum absolute atomic E-state index is 0.127. The number of aromatic nitrogens is 2. The molecule has 0 atom stereocenters. The molecule has 0 fully saturated rings. The highest BCUT2D eigenvalue weighted by atomic mass is 35.7. The summed E-state index contributed by atoms with van der Waals surface area (Å²) in [4.78, 5) is 16.8. The highest BCUT2D eigenvalue weighted by Gasteiger charge is 2.22. The normalized spacial score (nSPS) is 12.2. The van der Waals surface area contributed by atoms with Crippen LogP contribution in [0.1, 0.15) is 10.6 Å². The molecule has 0 amide bonds. The molecule has 5 nitrogen and oxygen atoms in total. The van der Waals surface area contributed by atoms with Crippen LogP contribution in [-0.2, 0) is 9.05 Å². The fourth-order valence-electron chi connectivity index (χ4n) is 1.42. The topological polar surface area (TPSA) is 68.5 Å². The molecule has 0 unspecified atom stereocenters. The van der Waals surface area contributed by atoms with Crippen LogP contribution in [0.2, 0.25) is 0 Å². The number of rotatable bonds is 1. The van der Waals surface area contributed by atoms with E-state index in [0.29, 0.717) is 4.96 Å². The van der Waals surface area contributed by atoms with E-state index in [1.807, 2.05) is 6.92 Å². The average molecular weight is 279 g/mol. The van der Waals surface area contributed by atoms with Gasteiger partial charge in [-0.05, 0) is 13.8 Å². The van der Waals surface area contributed by atoms with Gasteiger partial charge in [0.05, 0.1) is 5.69 Å². The molecule has 16 heavy (non-hydrogen) atoms. The van der Waals surface area contributed by atoms with E-state index < -0.39 is 19.5 Å². The molecule has 0 bridgehead atoms. The molecule has 2 heterocycles. The Kier molecular flexibility index (Phi) is 2.56. The Morgan fingerprint density at radius 2 is 2.06 bits per heavy atom. The van der Waals surface area contributed by atoms with Crippen molar-refractivity contribution in [2.45, 2.75) is 18.7 Å². The molecule has 0 radical (unpaired) electrons. The molecule has 2 aromatic rings. The van der Waals surface area contributed by atoms with E-state index in [2.05, 4.69) is 4.98 Å². The first kappa shape index (κ1) is 11.6. The van der Waals surface area contributed by atoms with Gasteiger partial charge in [-0.3, -0.25) is 9.20 Å². The maximum Gasteiger partial charge on any atom is 0.278 e. The van der Waals surface area contributed by atoms with E-state index in [-0.39, 0.29) is 5.69 Å². The Bertz CT molecular complexity index is 730. The summed E-state index contributed by atoms with van der Waals surface area (Å²) in [5, 5.41) is 0. The predicted octanol–water partition coefficient (Wildman–Crippen LogP) is 1.30. The van der Waals surface area contributed by atoms with Crippen molar-refractivity contribution in [2.24, 2.45) is 0 Å². The summed E-state index contributed by atoms with van der Waals surface area (Å²) in [5.41, 5.74) is -0.524. The number of aryl methyl sites for hydroxylation is 2. The summed E-state index contributed by atoms with van der Waals surface area (Å²) < 4.78 is 23.7. The molecular formula is C8H7ClN2O3S2. The van der Waals surface area contributed by atoms with Crippen molar-refractivity contribution in [1.82, 2.24) is 9.38 Å². The van der Waals surface area contributed by atoms with Crippen molar-refractivity contribution in [2.75, 3.05) is 0 Å². The van der Waals surface area contributed by atoms with Gasteiger partial charge in [0.15, 0.2) is 9.86 Å². The molecule has 0 saturated carbocycles. The number of hydrogen-bond donors (Lipinski definition) is 0. The van der Waals surface area contributed by atoms with Gasteiger partial charge in [-0.15, -0.1) is 11.3 Å². The maximum absolute atomic E-state index is 11.9. The third-order valence-electron chi connectivity index (χ3n) is 2.02. The van der Waals surface area contributed by atoms with E-state index >= 15 is 0 Å².